The number of ketones is 1. The van der Waals surface area contributed by atoms with Crippen LogP contribution in [0.25, 0.3) is 0 Å². The quantitative estimate of drug-likeness (QED) is 0.411. The van der Waals surface area contributed by atoms with Crippen molar-refractivity contribution in [2.75, 3.05) is 27.3 Å². The predicted molar refractivity (Wildman–Crippen MR) is 67.1 cm³/mol. The van der Waals surface area contributed by atoms with E-state index in [0.29, 0.717) is 18.8 Å². The fraction of sp³-hybridized carbons (Fsp3) is 0.615. The van der Waals surface area contributed by atoms with E-state index in [2.05, 4.69) is 9.47 Å². The van der Waals surface area contributed by atoms with Gasteiger partial charge < -0.3 is 14.4 Å². The first-order valence-electron chi connectivity index (χ1n) is 6.14. The second-order valence-electron chi connectivity index (χ2n) is 4.35. The highest BCUT2D eigenvalue weighted by atomic mass is 16.5. The van der Waals surface area contributed by atoms with Gasteiger partial charge in [0.2, 0.25) is 0 Å². The number of rotatable bonds is 5. The van der Waals surface area contributed by atoms with Crippen LogP contribution in [0.4, 0.5) is 0 Å². The van der Waals surface area contributed by atoms with Gasteiger partial charge in [-0.25, -0.2) is 0 Å². The molecule has 19 heavy (non-hydrogen) atoms. The summed E-state index contributed by atoms with van der Waals surface area (Å²) < 4.78 is 9.28. The molecule has 6 heteroatoms. The Balaban J connectivity index is 3.13. The molecule has 0 bridgehead atoms. The van der Waals surface area contributed by atoms with E-state index in [1.165, 1.54) is 27.2 Å². The van der Waals surface area contributed by atoms with Gasteiger partial charge in [0.1, 0.15) is 0 Å². The van der Waals surface area contributed by atoms with Gasteiger partial charge in [0.15, 0.2) is 11.7 Å². The Hall–Kier alpha value is -1.85. The summed E-state index contributed by atoms with van der Waals surface area (Å²) in [5.41, 5.74) is 0.365. The van der Waals surface area contributed by atoms with Crippen LogP contribution in [-0.2, 0) is 23.9 Å². The summed E-state index contributed by atoms with van der Waals surface area (Å²) in [6.07, 6.45) is 3.23. The molecule has 0 aliphatic carbocycles. The van der Waals surface area contributed by atoms with E-state index in [1.54, 1.807) is 0 Å². The largest absolute Gasteiger partial charge is 0.468 e. The van der Waals surface area contributed by atoms with Crippen molar-refractivity contribution in [3.05, 3.63) is 11.8 Å². The first-order chi connectivity index (χ1) is 9.01. The molecule has 1 aliphatic heterocycles. The Morgan fingerprint density at radius 2 is 1.53 bits per heavy atom. The Morgan fingerprint density at radius 1 is 1.05 bits per heavy atom. The molecule has 6 nitrogen and oxygen atoms in total. The lowest BCUT2D eigenvalue weighted by molar-refractivity contribution is -0.157. The van der Waals surface area contributed by atoms with E-state index >= 15 is 0 Å². The van der Waals surface area contributed by atoms with Crippen molar-refractivity contribution in [3.8, 4) is 0 Å². The molecule has 0 spiro atoms. The second kappa shape index (κ2) is 6.92. The van der Waals surface area contributed by atoms with Gasteiger partial charge in [0, 0.05) is 24.9 Å². The molecule has 0 saturated carbocycles. The van der Waals surface area contributed by atoms with Crippen LogP contribution in [-0.4, -0.2) is 49.9 Å². The first kappa shape index (κ1) is 15.2. The lowest BCUT2D eigenvalue weighted by Crippen LogP contribution is -2.36. The topological polar surface area (TPSA) is 72.9 Å². The number of hydrogen-bond acceptors (Lipinski definition) is 6. The van der Waals surface area contributed by atoms with E-state index in [0.717, 1.165) is 12.8 Å². The minimum Gasteiger partial charge on any atom is -0.468 e. The van der Waals surface area contributed by atoms with Crippen LogP contribution >= 0.6 is 0 Å². The maximum Gasteiger partial charge on any atom is 0.326 e. The molecule has 0 unspecified atom stereocenters. The standard InChI is InChI=1S/C13H19NO5/c1-9(15)8-10(14-6-4-5-7-14)11(12(16)18-2)13(17)19-3/h8,11H,4-7H2,1-3H3. The Labute approximate surface area is 112 Å². The van der Waals surface area contributed by atoms with Crippen LogP contribution in [0.1, 0.15) is 19.8 Å². The predicted octanol–water partition coefficient (Wildman–Crippen LogP) is 0.517. The third-order valence-corrected chi connectivity index (χ3v) is 2.99. The van der Waals surface area contributed by atoms with Gasteiger partial charge >= 0.3 is 11.9 Å². The van der Waals surface area contributed by atoms with Gasteiger partial charge in [0.25, 0.3) is 0 Å². The average Bonchev–Trinajstić information content (AvgIpc) is 2.90. The Morgan fingerprint density at radius 3 is 1.89 bits per heavy atom. The molecule has 0 aromatic heterocycles. The van der Waals surface area contributed by atoms with Crippen molar-refractivity contribution in [3.63, 3.8) is 0 Å². The van der Waals surface area contributed by atoms with Gasteiger partial charge in [-0.05, 0) is 19.8 Å². The van der Waals surface area contributed by atoms with Gasteiger partial charge in [0.05, 0.1) is 14.2 Å². The third-order valence-electron chi connectivity index (χ3n) is 2.99. The summed E-state index contributed by atoms with van der Waals surface area (Å²) in [6.45, 7) is 2.80. The number of esters is 2. The van der Waals surface area contributed by atoms with Crippen molar-refractivity contribution in [1.82, 2.24) is 4.90 Å². The molecule has 0 amide bonds. The molecule has 1 rings (SSSR count). The van der Waals surface area contributed by atoms with Crippen LogP contribution in [0.3, 0.4) is 0 Å². The minimum atomic E-state index is -1.20. The molecular formula is C13H19NO5. The number of methoxy groups -OCH3 is 2. The molecule has 0 aromatic carbocycles. The van der Waals surface area contributed by atoms with Gasteiger partial charge in [-0.1, -0.05) is 0 Å². The van der Waals surface area contributed by atoms with Crippen LogP contribution in [0.5, 0.6) is 0 Å². The van der Waals surface area contributed by atoms with E-state index in [1.807, 2.05) is 4.90 Å². The van der Waals surface area contributed by atoms with Crippen molar-refractivity contribution < 1.29 is 23.9 Å². The zero-order valence-corrected chi connectivity index (χ0v) is 11.5. The number of hydrogen-bond donors (Lipinski definition) is 0. The molecule has 0 aromatic rings. The number of allylic oxidation sites excluding steroid dienone is 1. The molecule has 1 aliphatic rings. The molecule has 1 heterocycles. The molecule has 1 saturated heterocycles. The Bertz CT molecular complexity index is 380. The summed E-state index contributed by atoms with van der Waals surface area (Å²) in [7, 11) is 2.40. The van der Waals surface area contributed by atoms with Crippen molar-refractivity contribution in [1.29, 1.82) is 0 Å². The SMILES string of the molecule is COC(=O)C(C(=O)OC)C(=CC(C)=O)N1CCCC1. The van der Waals surface area contributed by atoms with E-state index in [-0.39, 0.29) is 5.78 Å². The fourth-order valence-corrected chi connectivity index (χ4v) is 2.11. The average molecular weight is 269 g/mol. The fourth-order valence-electron chi connectivity index (χ4n) is 2.11. The molecule has 0 atom stereocenters. The monoisotopic (exact) mass is 269 g/mol. The van der Waals surface area contributed by atoms with Crippen LogP contribution in [0, 0.1) is 5.92 Å². The molecule has 0 N–H and O–H groups in total. The minimum absolute atomic E-state index is 0.222. The zero-order chi connectivity index (χ0) is 14.4. The third kappa shape index (κ3) is 3.81. The summed E-state index contributed by atoms with van der Waals surface area (Å²) in [6, 6.07) is 0. The lowest BCUT2D eigenvalue weighted by atomic mass is 10.0. The Kier molecular flexibility index (Phi) is 5.54. The normalized spacial score (nSPS) is 15.6. The highest BCUT2D eigenvalue weighted by Gasteiger charge is 2.36. The summed E-state index contributed by atoms with van der Waals surface area (Å²) in [4.78, 5) is 36.8. The number of nitrogens with zero attached hydrogens (tertiary/aromatic N) is 1. The van der Waals surface area contributed by atoms with Crippen LogP contribution < -0.4 is 0 Å². The maximum atomic E-state index is 11.8. The van der Waals surface area contributed by atoms with Crippen molar-refractivity contribution in [2.24, 2.45) is 5.92 Å². The summed E-state index contributed by atoms with van der Waals surface area (Å²) in [5, 5.41) is 0. The number of likely N-dealkylation sites (tertiary alicyclic amines) is 1. The molecule has 1 fully saturated rings. The van der Waals surface area contributed by atoms with E-state index in [9.17, 15) is 14.4 Å². The van der Waals surface area contributed by atoms with Crippen LogP contribution in [0.15, 0.2) is 11.8 Å². The summed E-state index contributed by atoms with van der Waals surface area (Å²) >= 11 is 0. The lowest BCUT2D eigenvalue weighted by Gasteiger charge is -2.25. The highest BCUT2D eigenvalue weighted by molar-refractivity contribution is 6.00. The van der Waals surface area contributed by atoms with Gasteiger partial charge in [-0.3, -0.25) is 14.4 Å². The smallest absolute Gasteiger partial charge is 0.326 e. The van der Waals surface area contributed by atoms with E-state index in [4.69, 9.17) is 0 Å². The summed E-state index contributed by atoms with van der Waals surface area (Å²) in [5.74, 6) is -2.85. The first-order valence-corrected chi connectivity index (χ1v) is 6.14. The van der Waals surface area contributed by atoms with Crippen molar-refractivity contribution in [2.45, 2.75) is 19.8 Å². The molecular weight excluding hydrogens is 250 g/mol. The van der Waals surface area contributed by atoms with E-state index < -0.39 is 17.9 Å². The molecule has 106 valence electrons. The number of carbonyl (C=O) groups excluding carboxylic acids is 3. The number of ether oxygens (including phenoxy) is 2. The van der Waals surface area contributed by atoms with Gasteiger partial charge in [-0.2, -0.15) is 0 Å². The second-order valence-corrected chi connectivity index (χ2v) is 4.35. The zero-order valence-electron chi connectivity index (χ0n) is 11.5. The maximum absolute atomic E-state index is 11.8. The van der Waals surface area contributed by atoms with Gasteiger partial charge in [-0.15, -0.1) is 0 Å². The molecule has 0 radical (unpaired) electrons. The number of carbonyl (C=O) groups is 3. The van der Waals surface area contributed by atoms with Crippen LogP contribution in [0.2, 0.25) is 0 Å². The van der Waals surface area contributed by atoms with Crippen molar-refractivity contribution >= 4 is 17.7 Å². The highest BCUT2D eigenvalue weighted by Crippen LogP contribution is 2.24.